The van der Waals surface area contributed by atoms with Crippen molar-refractivity contribution in [2.45, 2.75) is 199 Å². The summed E-state index contributed by atoms with van der Waals surface area (Å²) in [6.07, 6.45) is 4.73. The number of unbranched alkanes of at least 4 members (excludes halogenated alkanes) is 2. The van der Waals surface area contributed by atoms with Crippen LogP contribution < -0.4 is 69.1 Å². The van der Waals surface area contributed by atoms with Crippen molar-refractivity contribution in [3.8, 4) is 5.75 Å². The zero-order valence-corrected chi connectivity index (χ0v) is 65.9. The van der Waals surface area contributed by atoms with Crippen LogP contribution in [0.15, 0.2) is 126 Å². The number of fused-ring (bicyclic) bond motifs is 1. The number of pyridine rings is 1. The monoisotopic (exact) mass is 1570 g/mol. The SMILES string of the molecule is CC/N=C(/NCC)NCCCC[C@H](NC(=O)[C@H](CC(C)C)NC(=O)[C@@H](CCCCN/C(=N/CC)NCC)NC(=O)[C@H](Cc1ccc(O)cc1)NC(=O)[C@H](CO)NC(=O)[C@@H](Cc1cccnc1)NC(=O)[C@@H](Cc1ccc(Cl)cc1)NC(=O)[C@@H](Cc1ccc2ccccc2c1)NC(C)=O)C(=O)N1CCC[C@H]1C(=O)N[C@H](C)C(=O)O. The Morgan fingerprint density at radius 1 is 0.518 bits per heavy atom. The summed E-state index contributed by atoms with van der Waals surface area (Å²) in [7, 11) is 0. The maximum Gasteiger partial charge on any atom is 0.325 e. The average Bonchev–Trinajstić information content (AvgIpc) is 0.907. The molecule has 32 heteroatoms. The smallest absolute Gasteiger partial charge is 0.325 e. The number of phenolic OH excluding ortho intramolecular Hbond substituents is 1. The highest BCUT2D eigenvalue weighted by molar-refractivity contribution is 6.30. The van der Waals surface area contributed by atoms with Gasteiger partial charge < -0.3 is 89.3 Å². The number of aliphatic hydroxyl groups is 1. The Morgan fingerprint density at radius 3 is 1.50 bits per heavy atom. The molecule has 16 N–H and O–H groups in total. The summed E-state index contributed by atoms with van der Waals surface area (Å²) in [5, 5.41) is 70.5. The van der Waals surface area contributed by atoms with Crippen molar-refractivity contribution in [2.75, 3.05) is 52.4 Å². The molecule has 2 heterocycles. The van der Waals surface area contributed by atoms with E-state index in [1.165, 1.54) is 55.4 Å². The number of hydrogen-bond acceptors (Lipinski definition) is 16. The van der Waals surface area contributed by atoms with E-state index in [2.05, 4.69) is 84.1 Å². The number of nitrogens with zero attached hydrogens (tertiary/aromatic N) is 4. The lowest BCUT2D eigenvalue weighted by atomic mass is 9.99. The van der Waals surface area contributed by atoms with Crippen LogP contribution in [0.5, 0.6) is 5.75 Å². The molecule has 1 aliphatic heterocycles. The molecule has 0 spiro atoms. The van der Waals surface area contributed by atoms with E-state index in [-0.39, 0.29) is 69.6 Å². The summed E-state index contributed by atoms with van der Waals surface area (Å²) in [6, 6.07) is 14.9. The topological polar surface area (TPSA) is 446 Å². The maximum atomic E-state index is 15.2. The van der Waals surface area contributed by atoms with Gasteiger partial charge in [0.05, 0.1) is 6.61 Å². The van der Waals surface area contributed by atoms with Crippen molar-refractivity contribution in [1.82, 2.24) is 79.0 Å². The molecule has 0 bridgehead atoms. The fraction of sp³-hybridized carbons (Fsp3) is 0.500. The molecule has 112 heavy (non-hydrogen) atoms. The van der Waals surface area contributed by atoms with Gasteiger partial charge in [-0.25, -0.2) is 0 Å². The second-order valence-electron chi connectivity index (χ2n) is 28.0. The summed E-state index contributed by atoms with van der Waals surface area (Å²) >= 11 is 6.26. The molecule has 0 radical (unpaired) electrons. The van der Waals surface area contributed by atoms with Crippen LogP contribution in [0.25, 0.3) is 10.8 Å². The number of carboxylic acid groups (broad SMARTS) is 1. The van der Waals surface area contributed by atoms with Crippen LogP contribution in [-0.4, -0.2) is 215 Å². The second-order valence-corrected chi connectivity index (χ2v) is 28.4. The molecule has 4 aromatic carbocycles. The second kappa shape index (κ2) is 47.3. The Bertz CT molecular complexity index is 3980. The van der Waals surface area contributed by atoms with Crippen LogP contribution in [0.2, 0.25) is 5.02 Å². The van der Waals surface area contributed by atoms with Gasteiger partial charge in [0, 0.05) is 95.8 Å². The number of carbonyl (C=O) groups is 11. The third-order valence-corrected chi connectivity index (χ3v) is 18.7. The molecule has 10 amide bonds. The van der Waals surface area contributed by atoms with Gasteiger partial charge in [-0.3, -0.25) is 67.7 Å². The number of hydrogen-bond donors (Lipinski definition) is 16. The maximum absolute atomic E-state index is 15.2. The highest BCUT2D eigenvalue weighted by atomic mass is 35.5. The number of aromatic hydroxyl groups is 1. The van der Waals surface area contributed by atoms with Crippen molar-refractivity contribution in [2.24, 2.45) is 15.9 Å². The van der Waals surface area contributed by atoms with E-state index in [1.807, 2.05) is 84.0 Å². The minimum absolute atomic E-state index is 0.0338. The summed E-state index contributed by atoms with van der Waals surface area (Å²) in [5.41, 5.74) is 2.12. The Kier molecular flexibility index (Phi) is 38.0. The largest absolute Gasteiger partial charge is 0.508 e. The van der Waals surface area contributed by atoms with Crippen LogP contribution in [-0.2, 0) is 78.4 Å². The summed E-state index contributed by atoms with van der Waals surface area (Å²) in [6.45, 7) is 16.0. The molecular formula is C80H112ClN17O14. The molecule has 1 aromatic heterocycles. The molecule has 1 fully saturated rings. The number of guanidine groups is 2. The number of carboxylic acids is 1. The molecule has 10 atom stereocenters. The van der Waals surface area contributed by atoms with Crippen molar-refractivity contribution in [3.63, 3.8) is 0 Å². The minimum Gasteiger partial charge on any atom is -0.508 e. The van der Waals surface area contributed by atoms with Crippen LogP contribution in [0.3, 0.4) is 0 Å². The zero-order valence-electron chi connectivity index (χ0n) is 65.2. The molecular weight excluding hydrogens is 1460 g/mol. The fourth-order valence-electron chi connectivity index (χ4n) is 12.7. The minimum atomic E-state index is -1.82. The van der Waals surface area contributed by atoms with Gasteiger partial charge in [-0.1, -0.05) is 98.2 Å². The molecule has 1 saturated heterocycles. The van der Waals surface area contributed by atoms with Crippen molar-refractivity contribution >= 4 is 99.3 Å². The van der Waals surface area contributed by atoms with E-state index in [0.717, 1.165) is 10.8 Å². The summed E-state index contributed by atoms with van der Waals surface area (Å²) in [4.78, 5) is 172. The van der Waals surface area contributed by atoms with E-state index in [9.17, 15) is 58.5 Å². The first-order valence-corrected chi connectivity index (χ1v) is 38.9. The van der Waals surface area contributed by atoms with Gasteiger partial charge in [0.1, 0.15) is 66.2 Å². The summed E-state index contributed by atoms with van der Waals surface area (Å²) in [5.74, 6) is -8.38. The van der Waals surface area contributed by atoms with Crippen molar-refractivity contribution in [1.29, 1.82) is 0 Å². The van der Waals surface area contributed by atoms with Crippen LogP contribution >= 0.6 is 11.6 Å². The number of aliphatic carboxylic acids is 1. The average molecular weight is 1570 g/mol. The number of nitrogens with one attached hydrogen (secondary N) is 13. The van der Waals surface area contributed by atoms with Crippen LogP contribution in [0.4, 0.5) is 0 Å². The first-order chi connectivity index (χ1) is 53.7. The van der Waals surface area contributed by atoms with Gasteiger partial charge in [0.2, 0.25) is 59.1 Å². The molecule has 5 aromatic rings. The van der Waals surface area contributed by atoms with Gasteiger partial charge in [-0.2, -0.15) is 0 Å². The van der Waals surface area contributed by atoms with Gasteiger partial charge in [0.15, 0.2) is 11.9 Å². The quantitative estimate of drug-likeness (QED) is 0.0151. The number of aromatic nitrogens is 1. The van der Waals surface area contributed by atoms with Gasteiger partial charge in [-0.15, -0.1) is 0 Å². The van der Waals surface area contributed by atoms with Gasteiger partial charge >= 0.3 is 5.97 Å². The lowest BCUT2D eigenvalue weighted by Gasteiger charge is -2.31. The fourth-order valence-corrected chi connectivity index (χ4v) is 12.9. The third-order valence-electron chi connectivity index (χ3n) is 18.5. The third kappa shape index (κ3) is 30.4. The normalized spacial score (nSPS) is 15.3. The number of aliphatic hydroxyl groups excluding tert-OH is 1. The zero-order chi connectivity index (χ0) is 81.7. The first-order valence-electron chi connectivity index (χ1n) is 38.5. The summed E-state index contributed by atoms with van der Waals surface area (Å²) < 4.78 is 0. The van der Waals surface area contributed by atoms with E-state index in [4.69, 9.17) is 11.6 Å². The van der Waals surface area contributed by atoms with E-state index < -0.39 is 132 Å². The lowest BCUT2D eigenvalue weighted by molar-refractivity contribution is -0.144. The van der Waals surface area contributed by atoms with Gasteiger partial charge in [0.25, 0.3) is 0 Å². The first kappa shape index (κ1) is 89.9. The number of aliphatic imine (C=N–C) groups is 2. The van der Waals surface area contributed by atoms with Crippen molar-refractivity contribution in [3.05, 3.63) is 143 Å². The predicted molar refractivity (Wildman–Crippen MR) is 427 cm³/mol. The number of benzene rings is 4. The number of carbonyl (C=O) groups excluding carboxylic acids is 10. The molecule has 0 aliphatic carbocycles. The number of likely N-dealkylation sites (tertiary alicyclic amines) is 1. The van der Waals surface area contributed by atoms with Crippen molar-refractivity contribution < 1.29 is 68.1 Å². The Balaban J connectivity index is 1.29. The van der Waals surface area contributed by atoms with Crippen LogP contribution in [0, 0.1) is 5.92 Å². The van der Waals surface area contributed by atoms with E-state index >= 15 is 9.59 Å². The Labute approximate surface area is 659 Å². The molecule has 608 valence electrons. The van der Waals surface area contributed by atoms with E-state index in [0.29, 0.717) is 111 Å². The Morgan fingerprint density at radius 2 is 0.982 bits per heavy atom. The Hall–Kier alpha value is -11.0. The molecule has 1 aliphatic rings. The number of rotatable bonds is 44. The number of amides is 10. The molecule has 0 unspecified atom stereocenters. The molecule has 0 saturated carbocycles. The molecule has 31 nitrogen and oxygen atoms in total. The number of halogens is 1. The standard InChI is InChI=1S/C80H112ClN17O14/c1-9-83-79(84-10-2)87-38-17-15-24-60(69(102)93-62(41-49(5)6)70(103)92-61(25-16-18-39-88-80(85-11-3)86-12-4)77(110)98-40-20-26-68(98)76(109)89-50(7)78(111)112)91-72(105)64(44-53-30-35-59(101)36-31-53)96-75(108)67(48-99)97-74(107)66(46-55-21-19-37-82-47-55)95-73(106)65(43-52-28-33-58(81)34-29-52)94-71(104)63(90-51(8)100)45-54-27-32-56-22-13-14-23-57(56)42-54/h13-14,19,21-23,27-37,42,47,49-50,60-68,99,101H,9-12,15-18,20,24-26,38-41,43-46,48H2,1-8H3,(H,89,109)(H,90,100)(H,91,105)(H,92,103)(H,93,102)(H,94,104)(H,95,106)(H,96,108)(H,97,107)(H,111,112)(H2,83,84,87)(H2,85,86,88)/t50-,60-,61+,62+,63-,64+,65-,66-,67+,68+/m1/s1. The number of phenols is 1. The predicted octanol–water partition coefficient (Wildman–Crippen LogP) is 2.87. The van der Waals surface area contributed by atoms with E-state index in [1.54, 1.807) is 36.4 Å². The highest BCUT2D eigenvalue weighted by Crippen LogP contribution is 2.23. The van der Waals surface area contributed by atoms with Crippen LogP contribution in [0.1, 0.15) is 135 Å². The van der Waals surface area contributed by atoms with Gasteiger partial charge in [-0.05, 0) is 162 Å². The highest BCUT2D eigenvalue weighted by Gasteiger charge is 2.40. The lowest BCUT2D eigenvalue weighted by Crippen LogP contribution is -2.61. The molecule has 6 rings (SSSR count).